The molecule has 1 aromatic rings. The molecule has 0 aromatic heterocycles. The van der Waals surface area contributed by atoms with Crippen LogP contribution in [0.25, 0.3) is 0 Å². The molecule has 2 rings (SSSR count). The predicted molar refractivity (Wildman–Crippen MR) is 72.2 cm³/mol. The molecule has 0 radical (unpaired) electrons. The van der Waals surface area contributed by atoms with Crippen LogP contribution < -0.4 is 0 Å². The summed E-state index contributed by atoms with van der Waals surface area (Å²) in [7, 11) is 0. The van der Waals surface area contributed by atoms with Gasteiger partial charge in [-0.2, -0.15) is 48.3 Å². The molecule has 0 aliphatic carbocycles. The SMILES string of the molecule is O=C1c2ccccc2C(=O)N1C[C@](F)(C(C(F)(F)F)C(F)(F)F)C(F)(F)C(F)(F)F. The predicted octanol–water partition coefficient (Wildman–Crippen LogP) is 4.93. The molecular formula is C15H7F12NO2. The van der Waals surface area contributed by atoms with Gasteiger partial charge in [-0.05, 0) is 12.1 Å². The third-order valence-electron chi connectivity index (χ3n) is 4.26. The van der Waals surface area contributed by atoms with E-state index in [1.807, 2.05) is 0 Å². The highest BCUT2D eigenvalue weighted by atomic mass is 19.4. The van der Waals surface area contributed by atoms with Gasteiger partial charge in [0.15, 0.2) is 5.92 Å². The quantitative estimate of drug-likeness (QED) is 0.471. The molecule has 1 heterocycles. The van der Waals surface area contributed by atoms with Gasteiger partial charge in [-0.25, -0.2) is 4.39 Å². The molecule has 15 heteroatoms. The molecule has 168 valence electrons. The molecule has 1 aromatic carbocycles. The molecule has 1 aliphatic rings. The molecule has 0 N–H and O–H groups in total. The Labute approximate surface area is 158 Å². The van der Waals surface area contributed by atoms with E-state index in [0.717, 1.165) is 24.3 Å². The molecule has 0 saturated heterocycles. The average Bonchev–Trinajstić information content (AvgIpc) is 2.76. The Kier molecular flexibility index (Phi) is 5.37. The van der Waals surface area contributed by atoms with Crippen molar-refractivity contribution in [3.63, 3.8) is 0 Å². The number of hydrogen-bond acceptors (Lipinski definition) is 2. The number of imide groups is 1. The molecular weight excluding hydrogens is 454 g/mol. The molecule has 0 saturated carbocycles. The summed E-state index contributed by atoms with van der Waals surface area (Å²) in [6.45, 7) is -3.16. The molecule has 0 spiro atoms. The van der Waals surface area contributed by atoms with Gasteiger partial charge in [0, 0.05) is 0 Å². The molecule has 3 nitrogen and oxygen atoms in total. The standard InChI is InChI=1S/C15H7F12NO2/c16-11(14(23,24)15(25,26)27,10(12(17,18)19)13(20,21)22)5-28-8(29)6-3-1-2-4-7(6)9(28)30/h1-4,10H,5H2/t11-/m0/s1. The van der Waals surface area contributed by atoms with Crippen LogP contribution in [-0.2, 0) is 0 Å². The first-order valence-corrected chi connectivity index (χ1v) is 7.49. The highest BCUT2D eigenvalue weighted by Gasteiger charge is 2.82. The number of halogens is 12. The van der Waals surface area contributed by atoms with Gasteiger partial charge < -0.3 is 0 Å². The lowest BCUT2D eigenvalue weighted by atomic mass is 9.81. The van der Waals surface area contributed by atoms with Crippen molar-refractivity contribution in [3.8, 4) is 0 Å². The molecule has 0 fully saturated rings. The van der Waals surface area contributed by atoms with E-state index in [1.165, 1.54) is 0 Å². The summed E-state index contributed by atoms with van der Waals surface area (Å²) < 4.78 is 158. The summed E-state index contributed by atoms with van der Waals surface area (Å²) >= 11 is 0. The average molecular weight is 461 g/mol. The number of alkyl halides is 12. The first-order chi connectivity index (χ1) is 13.3. The van der Waals surface area contributed by atoms with Crippen LogP contribution in [0.15, 0.2) is 24.3 Å². The summed E-state index contributed by atoms with van der Waals surface area (Å²) in [5.74, 6) is -16.8. The van der Waals surface area contributed by atoms with Gasteiger partial charge in [-0.3, -0.25) is 14.5 Å². The van der Waals surface area contributed by atoms with Crippen molar-refractivity contribution < 1.29 is 62.3 Å². The van der Waals surface area contributed by atoms with Gasteiger partial charge >= 0.3 is 24.5 Å². The van der Waals surface area contributed by atoms with Crippen molar-refractivity contribution in [2.45, 2.75) is 30.1 Å². The highest BCUT2D eigenvalue weighted by Crippen LogP contribution is 2.57. The maximum atomic E-state index is 14.9. The first kappa shape index (κ1) is 23.8. The van der Waals surface area contributed by atoms with Crippen LogP contribution in [0.2, 0.25) is 0 Å². The van der Waals surface area contributed by atoms with E-state index in [1.54, 1.807) is 0 Å². The maximum Gasteiger partial charge on any atom is 0.456 e. The van der Waals surface area contributed by atoms with Crippen molar-refractivity contribution in [2.24, 2.45) is 5.92 Å². The van der Waals surface area contributed by atoms with Crippen LogP contribution in [0.3, 0.4) is 0 Å². The van der Waals surface area contributed by atoms with Gasteiger partial charge in [0.05, 0.1) is 17.7 Å². The third kappa shape index (κ3) is 3.57. The Hall–Kier alpha value is -2.48. The summed E-state index contributed by atoms with van der Waals surface area (Å²) in [6, 6.07) is 3.69. The van der Waals surface area contributed by atoms with Gasteiger partial charge in [0.1, 0.15) is 0 Å². The van der Waals surface area contributed by atoms with Crippen molar-refractivity contribution in [1.29, 1.82) is 0 Å². The molecule has 2 amide bonds. The Balaban J connectivity index is 2.70. The van der Waals surface area contributed by atoms with Crippen LogP contribution >= 0.6 is 0 Å². The van der Waals surface area contributed by atoms with Crippen molar-refractivity contribution in [2.75, 3.05) is 6.54 Å². The van der Waals surface area contributed by atoms with Crippen molar-refractivity contribution in [3.05, 3.63) is 35.4 Å². The molecule has 1 atom stereocenters. The monoisotopic (exact) mass is 461 g/mol. The minimum atomic E-state index is -7.26. The van der Waals surface area contributed by atoms with E-state index >= 15 is 0 Å². The number of fused-ring (bicyclic) bond motifs is 1. The van der Waals surface area contributed by atoms with E-state index in [0.29, 0.717) is 0 Å². The molecule has 30 heavy (non-hydrogen) atoms. The number of benzene rings is 1. The lowest BCUT2D eigenvalue weighted by Gasteiger charge is -2.42. The van der Waals surface area contributed by atoms with E-state index < -0.39 is 70.4 Å². The first-order valence-electron chi connectivity index (χ1n) is 7.49. The smallest absolute Gasteiger partial charge is 0.271 e. The fourth-order valence-corrected chi connectivity index (χ4v) is 2.92. The van der Waals surface area contributed by atoms with E-state index in [9.17, 15) is 62.3 Å². The number of carbonyl (C=O) groups excluding carboxylic acids is 2. The fraction of sp³-hybridized carbons (Fsp3) is 0.467. The zero-order valence-corrected chi connectivity index (χ0v) is 13.9. The van der Waals surface area contributed by atoms with E-state index in [-0.39, 0.29) is 0 Å². The number of amides is 2. The number of nitrogens with zero attached hydrogens (tertiary/aromatic N) is 1. The van der Waals surface area contributed by atoms with E-state index in [2.05, 4.69) is 0 Å². The summed E-state index contributed by atoms with van der Waals surface area (Å²) in [5, 5.41) is 0. The summed E-state index contributed by atoms with van der Waals surface area (Å²) in [4.78, 5) is 23.2. The molecule has 1 aliphatic heterocycles. The second kappa shape index (κ2) is 6.77. The maximum absolute atomic E-state index is 14.9. The van der Waals surface area contributed by atoms with Gasteiger partial charge in [-0.15, -0.1) is 0 Å². The van der Waals surface area contributed by atoms with Crippen LogP contribution in [0.1, 0.15) is 20.7 Å². The van der Waals surface area contributed by atoms with Crippen LogP contribution in [0.4, 0.5) is 52.7 Å². The van der Waals surface area contributed by atoms with Gasteiger partial charge in [0.2, 0.25) is 5.67 Å². The minimum absolute atomic E-state index is 0.726. The van der Waals surface area contributed by atoms with E-state index in [4.69, 9.17) is 0 Å². The molecule has 0 unspecified atom stereocenters. The van der Waals surface area contributed by atoms with Crippen LogP contribution in [0.5, 0.6) is 0 Å². The fourth-order valence-electron chi connectivity index (χ4n) is 2.92. The summed E-state index contributed by atoms with van der Waals surface area (Å²) in [6.07, 6.45) is -21.2. The normalized spacial score (nSPS) is 18.1. The third-order valence-corrected chi connectivity index (χ3v) is 4.26. The largest absolute Gasteiger partial charge is 0.456 e. The van der Waals surface area contributed by atoms with Crippen LogP contribution in [0, 0.1) is 5.92 Å². The lowest BCUT2D eigenvalue weighted by Crippen LogP contribution is -2.68. The number of rotatable bonds is 4. The highest BCUT2D eigenvalue weighted by molar-refractivity contribution is 6.21. The topological polar surface area (TPSA) is 37.4 Å². The Morgan fingerprint density at radius 3 is 1.37 bits per heavy atom. The van der Waals surface area contributed by atoms with Crippen molar-refractivity contribution >= 4 is 11.8 Å². The summed E-state index contributed by atoms with van der Waals surface area (Å²) in [5.41, 5.74) is -7.97. The number of hydrogen-bond donors (Lipinski definition) is 0. The zero-order chi connectivity index (χ0) is 23.5. The number of carbonyl (C=O) groups is 2. The minimum Gasteiger partial charge on any atom is -0.271 e. The van der Waals surface area contributed by atoms with Gasteiger partial charge in [-0.1, -0.05) is 12.1 Å². The Morgan fingerprint density at radius 1 is 0.700 bits per heavy atom. The second-order valence-electron chi connectivity index (χ2n) is 6.19. The lowest BCUT2D eigenvalue weighted by molar-refractivity contribution is -0.390. The van der Waals surface area contributed by atoms with Crippen molar-refractivity contribution in [1.82, 2.24) is 4.90 Å². The molecule has 0 bridgehead atoms. The Bertz CT molecular complexity index is 807. The second-order valence-corrected chi connectivity index (χ2v) is 6.19. The van der Waals surface area contributed by atoms with Gasteiger partial charge in [0.25, 0.3) is 11.8 Å². The Morgan fingerprint density at radius 2 is 1.07 bits per heavy atom. The van der Waals surface area contributed by atoms with Crippen LogP contribution in [-0.4, -0.2) is 53.4 Å². The zero-order valence-electron chi connectivity index (χ0n) is 13.9.